The van der Waals surface area contributed by atoms with Crippen molar-refractivity contribution < 1.29 is 24.2 Å². The molecule has 0 unspecified atom stereocenters. The number of benzene rings is 2. The third-order valence-electron chi connectivity index (χ3n) is 4.51. The molecular formula is C23H22O6. The Bertz CT molecular complexity index is 1140. The fraction of sp³-hybridized carbons (Fsp3) is 0.217. The van der Waals surface area contributed by atoms with E-state index in [-0.39, 0.29) is 22.1 Å². The van der Waals surface area contributed by atoms with Gasteiger partial charge in [0, 0.05) is 11.1 Å². The van der Waals surface area contributed by atoms with Crippen LogP contribution in [0.4, 0.5) is 0 Å². The summed E-state index contributed by atoms with van der Waals surface area (Å²) in [4.78, 5) is 24.2. The predicted molar refractivity (Wildman–Crippen MR) is 112 cm³/mol. The first kappa shape index (κ1) is 20.2. The van der Waals surface area contributed by atoms with E-state index in [4.69, 9.17) is 9.15 Å². The number of phenols is 1. The Morgan fingerprint density at radius 2 is 1.97 bits per heavy atom. The summed E-state index contributed by atoms with van der Waals surface area (Å²) < 4.78 is 11.3. The molecule has 0 atom stereocenters. The van der Waals surface area contributed by atoms with E-state index in [1.807, 2.05) is 13.8 Å². The lowest BCUT2D eigenvalue weighted by Gasteiger charge is -2.09. The third-order valence-corrected chi connectivity index (χ3v) is 4.51. The second-order valence-electron chi connectivity index (χ2n) is 6.50. The molecule has 1 heterocycles. The second-order valence-corrected chi connectivity index (χ2v) is 6.50. The molecule has 2 N–H and O–H groups in total. The number of ether oxygens (including phenoxy) is 1. The molecule has 3 rings (SSSR count). The van der Waals surface area contributed by atoms with Crippen LogP contribution in [0.2, 0.25) is 0 Å². The molecule has 0 fully saturated rings. The SMILES string of the molecule is CCCc1c(/C=C/c2cccc(OCC)c2O)oc2ccc(C(=O)O)cc2c1=O. The Balaban J connectivity index is 2.11. The fourth-order valence-corrected chi connectivity index (χ4v) is 3.12. The monoisotopic (exact) mass is 394 g/mol. The van der Waals surface area contributed by atoms with Crippen LogP contribution in [0, 0.1) is 0 Å². The van der Waals surface area contributed by atoms with Crippen molar-refractivity contribution in [3.8, 4) is 11.5 Å². The molecule has 150 valence electrons. The minimum absolute atomic E-state index is 0.0110. The van der Waals surface area contributed by atoms with E-state index in [1.54, 1.807) is 30.4 Å². The van der Waals surface area contributed by atoms with Crippen LogP contribution < -0.4 is 10.2 Å². The lowest BCUT2D eigenvalue weighted by molar-refractivity contribution is 0.0697. The average Bonchev–Trinajstić information content (AvgIpc) is 2.71. The Morgan fingerprint density at radius 1 is 1.17 bits per heavy atom. The molecule has 6 heteroatoms. The topological polar surface area (TPSA) is 97.0 Å². The Morgan fingerprint density at radius 3 is 2.66 bits per heavy atom. The summed E-state index contributed by atoms with van der Waals surface area (Å²) in [7, 11) is 0. The summed E-state index contributed by atoms with van der Waals surface area (Å²) in [5.41, 5.74) is 1.10. The van der Waals surface area contributed by atoms with Gasteiger partial charge in [0.15, 0.2) is 16.9 Å². The summed E-state index contributed by atoms with van der Waals surface area (Å²) in [6, 6.07) is 9.40. The number of hydrogen-bond donors (Lipinski definition) is 2. The van der Waals surface area contributed by atoms with Crippen LogP contribution in [0.25, 0.3) is 23.1 Å². The number of para-hydroxylation sites is 1. The van der Waals surface area contributed by atoms with Crippen molar-refractivity contribution in [2.75, 3.05) is 6.61 Å². The predicted octanol–water partition coefficient (Wildman–Crippen LogP) is 4.72. The number of carboxylic acids is 1. The third kappa shape index (κ3) is 4.16. The first-order valence-corrected chi connectivity index (χ1v) is 9.42. The molecule has 0 spiro atoms. The van der Waals surface area contributed by atoms with Crippen molar-refractivity contribution in [3.63, 3.8) is 0 Å². The maximum Gasteiger partial charge on any atom is 0.335 e. The van der Waals surface area contributed by atoms with E-state index in [0.29, 0.717) is 41.2 Å². The van der Waals surface area contributed by atoms with Gasteiger partial charge in [0.2, 0.25) is 0 Å². The zero-order chi connectivity index (χ0) is 21.0. The number of fused-ring (bicyclic) bond motifs is 1. The molecule has 0 amide bonds. The van der Waals surface area contributed by atoms with Gasteiger partial charge in [0.1, 0.15) is 11.3 Å². The van der Waals surface area contributed by atoms with Crippen LogP contribution in [0.1, 0.15) is 47.5 Å². The van der Waals surface area contributed by atoms with Crippen molar-refractivity contribution in [3.05, 3.63) is 69.1 Å². The largest absolute Gasteiger partial charge is 0.504 e. The number of rotatable bonds is 7. The highest BCUT2D eigenvalue weighted by Gasteiger charge is 2.15. The van der Waals surface area contributed by atoms with Gasteiger partial charge in [-0.3, -0.25) is 4.79 Å². The van der Waals surface area contributed by atoms with Crippen LogP contribution in [-0.2, 0) is 6.42 Å². The van der Waals surface area contributed by atoms with Crippen molar-refractivity contribution in [2.45, 2.75) is 26.7 Å². The van der Waals surface area contributed by atoms with E-state index in [9.17, 15) is 19.8 Å². The number of carboxylic acid groups (broad SMARTS) is 1. The smallest absolute Gasteiger partial charge is 0.335 e. The molecule has 0 bridgehead atoms. The van der Waals surface area contributed by atoms with Gasteiger partial charge in [0.05, 0.1) is 17.6 Å². The number of phenolic OH excluding ortho intramolecular Hbond substituents is 1. The van der Waals surface area contributed by atoms with Gasteiger partial charge in [0.25, 0.3) is 0 Å². The number of carbonyl (C=O) groups is 1. The molecule has 0 aliphatic heterocycles. The van der Waals surface area contributed by atoms with Crippen molar-refractivity contribution >= 4 is 29.1 Å². The van der Waals surface area contributed by atoms with Crippen LogP contribution in [-0.4, -0.2) is 22.8 Å². The molecule has 0 saturated carbocycles. The normalized spacial score (nSPS) is 11.2. The maximum absolute atomic E-state index is 13.0. The van der Waals surface area contributed by atoms with E-state index >= 15 is 0 Å². The van der Waals surface area contributed by atoms with Crippen LogP contribution >= 0.6 is 0 Å². The number of aromatic hydroxyl groups is 1. The molecule has 0 aliphatic rings. The van der Waals surface area contributed by atoms with E-state index < -0.39 is 5.97 Å². The summed E-state index contributed by atoms with van der Waals surface area (Å²) in [5, 5.41) is 19.8. The first-order valence-electron chi connectivity index (χ1n) is 9.42. The lowest BCUT2D eigenvalue weighted by Crippen LogP contribution is -2.12. The molecule has 0 radical (unpaired) electrons. The number of hydrogen-bond acceptors (Lipinski definition) is 5. The maximum atomic E-state index is 13.0. The lowest BCUT2D eigenvalue weighted by atomic mass is 10.0. The molecule has 6 nitrogen and oxygen atoms in total. The zero-order valence-corrected chi connectivity index (χ0v) is 16.3. The van der Waals surface area contributed by atoms with E-state index in [2.05, 4.69) is 0 Å². The van der Waals surface area contributed by atoms with Gasteiger partial charge in [-0.2, -0.15) is 0 Å². The minimum atomic E-state index is -1.10. The van der Waals surface area contributed by atoms with Gasteiger partial charge in [-0.1, -0.05) is 25.5 Å². The second kappa shape index (κ2) is 8.65. The van der Waals surface area contributed by atoms with Gasteiger partial charge in [-0.25, -0.2) is 4.79 Å². The Hall–Kier alpha value is -3.54. The molecule has 1 aromatic heterocycles. The summed E-state index contributed by atoms with van der Waals surface area (Å²) in [6.45, 7) is 4.21. The number of aromatic carboxylic acids is 1. The zero-order valence-electron chi connectivity index (χ0n) is 16.3. The van der Waals surface area contributed by atoms with Gasteiger partial charge in [-0.15, -0.1) is 0 Å². The molecule has 2 aromatic carbocycles. The Kier molecular flexibility index (Phi) is 6.02. The molecular weight excluding hydrogens is 372 g/mol. The Labute approximate surface area is 167 Å². The van der Waals surface area contributed by atoms with E-state index in [0.717, 1.165) is 6.42 Å². The highest BCUT2D eigenvalue weighted by atomic mass is 16.5. The molecule has 0 saturated heterocycles. The molecule has 0 aliphatic carbocycles. The van der Waals surface area contributed by atoms with Crippen molar-refractivity contribution in [1.82, 2.24) is 0 Å². The molecule has 29 heavy (non-hydrogen) atoms. The highest BCUT2D eigenvalue weighted by molar-refractivity contribution is 5.93. The van der Waals surface area contributed by atoms with Gasteiger partial charge >= 0.3 is 5.97 Å². The van der Waals surface area contributed by atoms with E-state index in [1.165, 1.54) is 18.2 Å². The summed E-state index contributed by atoms with van der Waals surface area (Å²) >= 11 is 0. The van der Waals surface area contributed by atoms with Crippen molar-refractivity contribution in [2.24, 2.45) is 0 Å². The van der Waals surface area contributed by atoms with Gasteiger partial charge in [-0.05, 0) is 49.8 Å². The fourth-order valence-electron chi connectivity index (χ4n) is 3.12. The highest BCUT2D eigenvalue weighted by Crippen LogP contribution is 2.31. The molecule has 3 aromatic rings. The summed E-state index contributed by atoms with van der Waals surface area (Å²) in [6.07, 6.45) is 4.51. The van der Waals surface area contributed by atoms with Crippen LogP contribution in [0.3, 0.4) is 0 Å². The standard InChI is InChI=1S/C23H22O6/c1-3-6-16-18(11-9-14-7-5-8-20(21(14)24)28-4-2)29-19-12-10-15(23(26)27)13-17(19)22(16)25/h5,7-13,24H,3-4,6H2,1-2H3,(H,26,27)/b11-9+. The van der Waals surface area contributed by atoms with Crippen LogP contribution in [0.5, 0.6) is 11.5 Å². The summed E-state index contributed by atoms with van der Waals surface area (Å²) in [5.74, 6) is -0.327. The van der Waals surface area contributed by atoms with Crippen LogP contribution in [0.15, 0.2) is 45.6 Å². The minimum Gasteiger partial charge on any atom is -0.504 e. The first-order chi connectivity index (χ1) is 14.0. The van der Waals surface area contributed by atoms with Crippen molar-refractivity contribution in [1.29, 1.82) is 0 Å². The van der Waals surface area contributed by atoms with Gasteiger partial charge < -0.3 is 19.4 Å². The average molecular weight is 394 g/mol. The quantitative estimate of drug-likeness (QED) is 0.602.